The first-order valence-electron chi connectivity index (χ1n) is 8.97. The maximum absolute atomic E-state index is 12.8. The van der Waals surface area contributed by atoms with Crippen LogP contribution in [0.15, 0.2) is 91.0 Å². The predicted octanol–water partition coefficient (Wildman–Crippen LogP) is 4.42. The topological polar surface area (TPSA) is 32.3 Å². The molecule has 0 radical (unpaired) electrons. The van der Waals surface area contributed by atoms with Gasteiger partial charge in [0.15, 0.2) is 0 Å². The van der Waals surface area contributed by atoms with Gasteiger partial charge >= 0.3 is 0 Å². The van der Waals surface area contributed by atoms with Crippen LogP contribution < -0.4 is 10.2 Å². The van der Waals surface area contributed by atoms with E-state index < -0.39 is 0 Å². The van der Waals surface area contributed by atoms with Gasteiger partial charge in [0.05, 0.1) is 12.6 Å². The van der Waals surface area contributed by atoms with Crippen molar-refractivity contribution < 1.29 is 4.79 Å². The maximum atomic E-state index is 12.8. The van der Waals surface area contributed by atoms with E-state index in [1.807, 2.05) is 91.0 Å². The molecule has 1 amide bonds. The molecule has 0 atom stereocenters. The fraction of sp³-hybridized carbons (Fsp3) is 0.174. The lowest BCUT2D eigenvalue weighted by molar-refractivity contribution is -0.120. The van der Waals surface area contributed by atoms with E-state index in [4.69, 9.17) is 0 Å². The number of hydrogen-bond donors (Lipinski definition) is 1. The van der Waals surface area contributed by atoms with Crippen LogP contribution in [0.1, 0.15) is 24.1 Å². The number of para-hydroxylation sites is 1. The van der Waals surface area contributed by atoms with E-state index in [0.29, 0.717) is 6.54 Å². The van der Waals surface area contributed by atoms with Crippen molar-refractivity contribution in [2.45, 2.75) is 13.0 Å². The zero-order chi connectivity index (χ0) is 18.2. The van der Waals surface area contributed by atoms with Crippen LogP contribution in [0.3, 0.4) is 0 Å². The van der Waals surface area contributed by atoms with E-state index >= 15 is 0 Å². The third kappa shape index (κ3) is 4.51. The van der Waals surface area contributed by atoms with E-state index in [1.165, 1.54) is 0 Å². The zero-order valence-corrected chi connectivity index (χ0v) is 15.0. The second-order valence-corrected chi connectivity index (χ2v) is 6.17. The number of benzene rings is 3. The van der Waals surface area contributed by atoms with Crippen LogP contribution in [0.5, 0.6) is 0 Å². The van der Waals surface area contributed by atoms with Gasteiger partial charge in [-0.1, -0.05) is 78.9 Å². The Labute approximate surface area is 155 Å². The number of anilines is 1. The van der Waals surface area contributed by atoms with Crippen molar-refractivity contribution in [3.63, 3.8) is 0 Å². The SMILES string of the molecule is CCN(CC(=O)NC(c1ccccc1)c1ccccc1)c1ccccc1. The molecule has 0 saturated heterocycles. The second-order valence-electron chi connectivity index (χ2n) is 6.17. The Morgan fingerprint density at radius 2 is 1.27 bits per heavy atom. The summed E-state index contributed by atoms with van der Waals surface area (Å²) in [6.07, 6.45) is 0. The first-order valence-corrected chi connectivity index (χ1v) is 8.97. The average Bonchev–Trinajstić information content (AvgIpc) is 2.72. The van der Waals surface area contributed by atoms with Crippen LogP contribution >= 0.6 is 0 Å². The third-order valence-corrected chi connectivity index (χ3v) is 4.41. The molecule has 0 aliphatic rings. The van der Waals surface area contributed by atoms with Gasteiger partial charge in [0.1, 0.15) is 0 Å². The van der Waals surface area contributed by atoms with E-state index in [9.17, 15) is 4.79 Å². The van der Waals surface area contributed by atoms with Gasteiger partial charge in [-0.05, 0) is 30.2 Å². The van der Waals surface area contributed by atoms with Crippen LogP contribution in [0.4, 0.5) is 5.69 Å². The monoisotopic (exact) mass is 344 g/mol. The van der Waals surface area contributed by atoms with E-state index in [0.717, 1.165) is 23.4 Å². The summed E-state index contributed by atoms with van der Waals surface area (Å²) in [5, 5.41) is 3.20. The van der Waals surface area contributed by atoms with Crippen molar-refractivity contribution in [1.29, 1.82) is 0 Å². The molecule has 3 rings (SSSR count). The van der Waals surface area contributed by atoms with Crippen LogP contribution in [0.2, 0.25) is 0 Å². The summed E-state index contributed by atoms with van der Waals surface area (Å²) in [7, 11) is 0. The Morgan fingerprint density at radius 1 is 0.808 bits per heavy atom. The predicted molar refractivity (Wildman–Crippen MR) is 107 cm³/mol. The molecule has 0 aliphatic carbocycles. The molecule has 3 heteroatoms. The van der Waals surface area contributed by atoms with E-state index in [-0.39, 0.29) is 11.9 Å². The fourth-order valence-electron chi connectivity index (χ4n) is 3.05. The molecule has 0 fully saturated rings. The number of hydrogen-bond acceptors (Lipinski definition) is 2. The molecule has 3 aromatic rings. The van der Waals surface area contributed by atoms with Gasteiger partial charge in [0, 0.05) is 12.2 Å². The van der Waals surface area contributed by atoms with Gasteiger partial charge < -0.3 is 10.2 Å². The van der Waals surface area contributed by atoms with Crippen molar-refractivity contribution in [3.8, 4) is 0 Å². The Balaban J connectivity index is 1.77. The molecule has 0 heterocycles. The summed E-state index contributed by atoms with van der Waals surface area (Å²) in [5.41, 5.74) is 3.21. The standard InChI is InChI=1S/C23H24N2O/c1-2-25(21-16-10-5-11-17-21)18-22(26)24-23(19-12-6-3-7-13-19)20-14-8-4-9-15-20/h3-17,23H,2,18H2,1H3,(H,24,26). The summed E-state index contributed by atoms with van der Waals surface area (Å²) in [6, 6.07) is 30.0. The Hall–Kier alpha value is -3.07. The molecule has 132 valence electrons. The molecule has 0 bridgehead atoms. The zero-order valence-electron chi connectivity index (χ0n) is 15.0. The number of carbonyl (C=O) groups is 1. The summed E-state index contributed by atoms with van der Waals surface area (Å²) >= 11 is 0. The normalized spacial score (nSPS) is 10.5. The highest BCUT2D eigenvalue weighted by Gasteiger charge is 2.18. The summed E-state index contributed by atoms with van der Waals surface area (Å²) in [6.45, 7) is 3.17. The van der Waals surface area contributed by atoms with Crippen LogP contribution in [0, 0.1) is 0 Å². The lowest BCUT2D eigenvalue weighted by Gasteiger charge is -2.25. The van der Waals surface area contributed by atoms with Gasteiger partial charge in [-0.15, -0.1) is 0 Å². The minimum absolute atomic E-state index is 0.00779. The van der Waals surface area contributed by atoms with Crippen molar-refractivity contribution in [3.05, 3.63) is 102 Å². The number of amides is 1. The first kappa shape index (κ1) is 17.7. The molecule has 0 unspecified atom stereocenters. The summed E-state index contributed by atoms with van der Waals surface area (Å²) < 4.78 is 0. The van der Waals surface area contributed by atoms with Crippen molar-refractivity contribution in [2.75, 3.05) is 18.0 Å². The molecule has 1 N–H and O–H groups in total. The maximum Gasteiger partial charge on any atom is 0.240 e. The highest BCUT2D eigenvalue weighted by atomic mass is 16.2. The van der Waals surface area contributed by atoms with Crippen molar-refractivity contribution in [2.24, 2.45) is 0 Å². The second kappa shape index (κ2) is 8.86. The summed E-state index contributed by atoms with van der Waals surface area (Å²) in [4.78, 5) is 14.9. The quantitative estimate of drug-likeness (QED) is 0.688. The molecule has 0 aromatic heterocycles. The summed E-state index contributed by atoms with van der Waals surface area (Å²) in [5.74, 6) is 0.00779. The van der Waals surface area contributed by atoms with Crippen LogP contribution in [-0.2, 0) is 4.79 Å². The number of likely N-dealkylation sites (N-methyl/N-ethyl adjacent to an activating group) is 1. The highest BCUT2D eigenvalue weighted by molar-refractivity contribution is 5.82. The minimum Gasteiger partial charge on any atom is -0.363 e. The highest BCUT2D eigenvalue weighted by Crippen LogP contribution is 2.22. The molecule has 3 nitrogen and oxygen atoms in total. The number of nitrogens with zero attached hydrogens (tertiary/aromatic N) is 1. The smallest absolute Gasteiger partial charge is 0.240 e. The van der Waals surface area contributed by atoms with Gasteiger partial charge in [-0.3, -0.25) is 4.79 Å². The van der Waals surface area contributed by atoms with E-state index in [2.05, 4.69) is 17.1 Å². The van der Waals surface area contributed by atoms with Gasteiger partial charge in [-0.2, -0.15) is 0 Å². The van der Waals surface area contributed by atoms with Crippen LogP contribution in [-0.4, -0.2) is 19.0 Å². The van der Waals surface area contributed by atoms with Crippen molar-refractivity contribution in [1.82, 2.24) is 5.32 Å². The molecule has 3 aromatic carbocycles. The largest absolute Gasteiger partial charge is 0.363 e. The molecule has 26 heavy (non-hydrogen) atoms. The third-order valence-electron chi connectivity index (χ3n) is 4.41. The Kier molecular flexibility index (Phi) is 6.05. The Morgan fingerprint density at radius 3 is 1.73 bits per heavy atom. The number of carbonyl (C=O) groups excluding carboxylic acids is 1. The van der Waals surface area contributed by atoms with Gasteiger partial charge in [-0.25, -0.2) is 0 Å². The molecular weight excluding hydrogens is 320 g/mol. The van der Waals surface area contributed by atoms with Gasteiger partial charge in [0.25, 0.3) is 0 Å². The molecule has 0 saturated carbocycles. The lowest BCUT2D eigenvalue weighted by atomic mass is 9.99. The van der Waals surface area contributed by atoms with Crippen LogP contribution in [0.25, 0.3) is 0 Å². The molecule has 0 spiro atoms. The minimum atomic E-state index is -0.153. The molecule has 0 aliphatic heterocycles. The van der Waals surface area contributed by atoms with Crippen molar-refractivity contribution >= 4 is 11.6 Å². The number of rotatable bonds is 7. The lowest BCUT2D eigenvalue weighted by Crippen LogP contribution is -2.39. The van der Waals surface area contributed by atoms with E-state index in [1.54, 1.807) is 0 Å². The first-order chi connectivity index (χ1) is 12.8. The van der Waals surface area contributed by atoms with Gasteiger partial charge in [0.2, 0.25) is 5.91 Å². The molecular formula is C23H24N2O. The Bertz CT molecular complexity index is 764. The number of nitrogens with one attached hydrogen (secondary N) is 1. The fourth-order valence-corrected chi connectivity index (χ4v) is 3.05. The average molecular weight is 344 g/mol.